The van der Waals surface area contributed by atoms with Crippen LogP contribution in [-0.4, -0.2) is 101 Å². The number of carboxylic acid groups (broad SMARTS) is 1. The van der Waals surface area contributed by atoms with Gasteiger partial charge in [-0.2, -0.15) is 0 Å². The van der Waals surface area contributed by atoms with Crippen molar-refractivity contribution in [2.24, 2.45) is 0 Å². The van der Waals surface area contributed by atoms with Gasteiger partial charge in [-0.25, -0.2) is 19.2 Å². The molecule has 0 radical (unpaired) electrons. The highest BCUT2D eigenvalue weighted by atomic mass is 127. The molecule has 8 fully saturated rings. The standard InChI is InChI=1S/C27H32O4.C26H30O4.C25H27IO4.C25H29NO4/c1-4-17-14-16(2)23(26(27(28)29-3)31-21-10-11-21)25(24(17)18-7-8-18)20-9-12-22-19(15-20)6-5-13-30-22;1-3-16-13-15(2)22(25(26(27)28)30-20-9-10-20)24(23(16)17-6-7-17)19-8-11-21-18(14-19)5-4-12-29-21;2*1-14-12-19(26)22(15-5-6-15)23(17-7-10-20-16(13-17)4-3-11-29-20)21(14)24(25(27)28-2)30-18-8-9-18/h9,12,14-15,18,21,26H,4-8,10-11,13H2,1-3H3;8,11,13-14,17,20,25H,3-7,9-10,12H2,1-2H3,(H,27,28);7,10,12-13,15,18,24H,3-6,8-9,11H2,1-2H3;7,10,12-13,15,18,24H,3-6,8-9,11,26H2,1-2H3. The molecule has 638 valence electrons. The van der Waals surface area contributed by atoms with Gasteiger partial charge in [0.1, 0.15) is 23.0 Å². The van der Waals surface area contributed by atoms with Crippen LogP contribution in [-0.2, 0) is 90.9 Å². The first kappa shape index (κ1) is 84.4. The summed E-state index contributed by atoms with van der Waals surface area (Å²) in [6.45, 7) is 15.8. The fourth-order valence-corrected chi connectivity index (χ4v) is 20.1. The third-order valence-corrected chi connectivity index (χ3v) is 26.9. The van der Waals surface area contributed by atoms with Crippen LogP contribution in [0.25, 0.3) is 44.5 Å². The Hall–Kier alpha value is -8.79. The molecular weight excluding hydrogens is 1630 g/mol. The van der Waals surface area contributed by atoms with Crippen molar-refractivity contribution in [3.63, 3.8) is 0 Å². The zero-order chi connectivity index (χ0) is 84.0. The zero-order valence-corrected chi connectivity index (χ0v) is 74.1. The number of nitrogens with two attached hydrogens (primary N) is 1. The molecule has 0 spiro atoms. The van der Waals surface area contributed by atoms with E-state index in [2.05, 4.69) is 141 Å². The third-order valence-electron chi connectivity index (χ3n) is 26.0. The van der Waals surface area contributed by atoms with E-state index in [0.29, 0.717) is 23.7 Å². The second-order valence-electron chi connectivity index (χ2n) is 35.6. The Bertz CT molecular complexity index is 5100. The van der Waals surface area contributed by atoms with Gasteiger partial charge in [0, 0.05) is 31.5 Å². The molecule has 8 aromatic carbocycles. The average molecular weight is 1750 g/mol. The van der Waals surface area contributed by atoms with Crippen molar-refractivity contribution < 1.29 is 76.4 Å². The number of carbonyl (C=O) groups excluding carboxylic acids is 3. The minimum Gasteiger partial charge on any atom is -0.493 e. The number of hydrogen-bond acceptors (Lipinski definition) is 16. The lowest BCUT2D eigenvalue weighted by Gasteiger charge is -2.27. The maximum Gasteiger partial charge on any atom is 0.339 e. The lowest BCUT2D eigenvalue weighted by Crippen LogP contribution is -2.21. The lowest BCUT2D eigenvalue weighted by atomic mass is 9.82. The van der Waals surface area contributed by atoms with Crippen molar-refractivity contribution in [2.75, 3.05) is 53.5 Å². The van der Waals surface area contributed by atoms with Gasteiger partial charge >= 0.3 is 23.9 Å². The molecule has 4 unspecified atom stereocenters. The van der Waals surface area contributed by atoms with Gasteiger partial charge in [0.2, 0.25) is 0 Å². The van der Waals surface area contributed by atoms with Crippen molar-refractivity contribution in [3.05, 3.63) is 201 Å². The Morgan fingerprint density at radius 2 is 0.653 bits per heavy atom. The van der Waals surface area contributed by atoms with E-state index in [1.54, 1.807) is 0 Å². The maximum atomic E-state index is 12.9. The normalized spacial score (nSPS) is 19.0. The van der Waals surface area contributed by atoms with E-state index in [9.17, 15) is 24.3 Å². The van der Waals surface area contributed by atoms with E-state index in [1.165, 1.54) is 130 Å². The van der Waals surface area contributed by atoms with E-state index in [1.807, 2.05) is 19.9 Å². The molecule has 4 heterocycles. The Balaban J connectivity index is 0.000000115. The van der Waals surface area contributed by atoms with Crippen molar-refractivity contribution >= 4 is 52.2 Å². The highest BCUT2D eigenvalue weighted by molar-refractivity contribution is 14.1. The molecule has 8 aromatic rings. The van der Waals surface area contributed by atoms with Crippen LogP contribution in [0.3, 0.4) is 0 Å². The number of esters is 3. The number of rotatable bonds is 26. The van der Waals surface area contributed by atoms with Gasteiger partial charge in [0.05, 0.1) is 72.2 Å². The number of ether oxygens (including phenoxy) is 11. The second-order valence-corrected chi connectivity index (χ2v) is 36.8. The predicted octanol–water partition coefficient (Wildman–Crippen LogP) is 22.3. The van der Waals surface area contributed by atoms with Crippen molar-refractivity contribution in [1.29, 1.82) is 0 Å². The van der Waals surface area contributed by atoms with Gasteiger partial charge in [-0.1, -0.05) is 50.2 Å². The largest absolute Gasteiger partial charge is 0.493 e. The van der Waals surface area contributed by atoms with E-state index < -0.39 is 30.4 Å². The molecule has 121 heavy (non-hydrogen) atoms. The van der Waals surface area contributed by atoms with E-state index in [4.69, 9.17) is 57.8 Å². The van der Waals surface area contributed by atoms with Crippen LogP contribution in [0.15, 0.2) is 97.1 Å². The van der Waals surface area contributed by atoms with Crippen LogP contribution in [0.5, 0.6) is 23.0 Å². The van der Waals surface area contributed by atoms with Crippen molar-refractivity contribution in [3.8, 4) is 67.5 Å². The molecule has 3 N–H and O–H groups in total. The first-order chi connectivity index (χ1) is 58.8. The smallest absolute Gasteiger partial charge is 0.339 e. The number of nitrogen functional groups attached to an aromatic ring is 1. The van der Waals surface area contributed by atoms with Gasteiger partial charge < -0.3 is 62.9 Å². The summed E-state index contributed by atoms with van der Waals surface area (Å²) < 4.78 is 65.0. The maximum absolute atomic E-state index is 12.9. The minimum atomic E-state index is -0.914. The first-order valence-corrected chi connectivity index (χ1v) is 46.1. The second kappa shape index (κ2) is 36.6. The number of carbonyl (C=O) groups is 4. The summed E-state index contributed by atoms with van der Waals surface area (Å²) in [7, 11) is 4.33. The molecule has 4 atom stereocenters. The summed E-state index contributed by atoms with van der Waals surface area (Å²) in [6.07, 6.45) is 25.0. The van der Waals surface area contributed by atoms with E-state index in [0.717, 1.165) is 261 Å². The number of aliphatic carboxylic acids is 1. The Labute approximate surface area is 726 Å². The van der Waals surface area contributed by atoms with Crippen LogP contribution in [0.4, 0.5) is 5.69 Å². The molecule has 18 heteroatoms. The van der Waals surface area contributed by atoms with Crippen LogP contribution >= 0.6 is 22.6 Å². The number of halogens is 1. The Morgan fingerprint density at radius 3 is 0.950 bits per heavy atom. The molecule has 8 saturated carbocycles. The first-order valence-electron chi connectivity index (χ1n) is 45.0. The average Bonchev–Trinajstić information content (AvgIpc) is 1.10. The van der Waals surface area contributed by atoms with Crippen molar-refractivity contribution in [2.45, 2.75) is 281 Å². The molecule has 0 amide bonds. The number of carboxylic acids is 1. The molecule has 0 bridgehead atoms. The Kier molecular flexibility index (Phi) is 25.5. The third kappa shape index (κ3) is 18.9. The zero-order valence-electron chi connectivity index (χ0n) is 71.9. The number of anilines is 1. The summed E-state index contributed by atoms with van der Waals surface area (Å²) in [5.41, 5.74) is 37.3. The highest BCUT2D eigenvalue weighted by Crippen LogP contribution is 2.57. The fourth-order valence-electron chi connectivity index (χ4n) is 18.9. The SMILES string of the molecule is CCc1cc(C)c(C(OC2CC2)C(=O)O)c(-c2ccc3c(c2)CCCO3)c1C1CC1.CCc1cc(C)c(C(OC2CC2)C(=O)OC)c(-c2ccc3c(c2)CCCO3)c1C1CC1.COC(=O)C(OC1CC1)c1c(C)cc(I)c(C2CC2)c1-c1ccc2c(c1)CCCO2.COC(=O)C(OC1CC1)c1c(C)cc(N)c(C2CC2)c1-c1ccc2c(c1)CCCO2. The van der Waals surface area contributed by atoms with Gasteiger partial charge in [0.25, 0.3) is 0 Å². The Morgan fingerprint density at radius 1 is 0.380 bits per heavy atom. The van der Waals surface area contributed by atoms with Gasteiger partial charge in [-0.05, 0) is 424 Å². The number of fused-ring (bicyclic) bond motifs is 4. The molecular formula is C103H118INO16. The topological polar surface area (TPSA) is 216 Å². The predicted molar refractivity (Wildman–Crippen MR) is 477 cm³/mol. The highest BCUT2D eigenvalue weighted by Gasteiger charge is 2.44. The quantitative estimate of drug-likeness (QED) is 0.0223. The summed E-state index contributed by atoms with van der Waals surface area (Å²) in [5.74, 6) is 4.13. The molecule has 12 aliphatic rings. The summed E-state index contributed by atoms with van der Waals surface area (Å²) in [6, 6.07) is 34.5. The van der Waals surface area contributed by atoms with Crippen LogP contribution < -0.4 is 24.7 Å². The number of methoxy groups -OCH3 is 3. The van der Waals surface area contributed by atoms with Crippen molar-refractivity contribution in [1.82, 2.24) is 0 Å². The molecule has 0 saturated heterocycles. The molecule has 4 aliphatic heterocycles. The van der Waals surface area contributed by atoms with E-state index >= 15 is 0 Å². The van der Waals surface area contributed by atoms with Gasteiger partial charge in [0.15, 0.2) is 24.4 Å². The van der Waals surface area contributed by atoms with Gasteiger partial charge in [-0.15, -0.1) is 0 Å². The minimum absolute atomic E-state index is 0.0745. The summed E-state index contributed by atoms with van der Waals surface area (Å²) in [4.78, 5) is 51.0. The van der Waals surface area contributed by atoms with Gasteiger partial charge in [-0.3, -0.25) is 0 Å². The van der Waals surface area contributed by atoms with Crippen LogP contribution in [0.1, 0.15) is 290 Å². The molecule has 20 rings (SSSR count). The molecule has 17 nitrogen and oxygen atoms in total. The van der Waals surface area contributed by atoms with Crippen LogP contribution in [0, 0.1) is 31.3 Å². The number of benzene rings is 8. The summed E-state index contributed by atoms with van der Waals surface area (Å²) in [5, 5.41) is 10.1. The van der Waals surface area contributed by atoms with Crippen LogP contribution in [0.2, 0.25) is 0 Å². The lowest BCUT2D eigenvalue weighted by molar-refractivity contribution is -0.156. The molecule has 8 aliphatic carbocycles. The van der Waals surface area contributed by atoms with E-state index in [-0.39, 0.29) is 42.3 Å². The number of hydrogen-bond donors (Lipinski definition) is 2. The monoisotopic (exact) mass is 1750 g/mol. The fraction of sp³-hybridized carbons (Fsp3) is 0.495. The summed E-state index contributed by atoms with van der Waals surface area (Å²) >= 11 is 2.46. The number of aryl methyl sites for hydroxylation is 10. The molecule has 0 aromatic heterocycles.